The van der Waals surface area contributed by atoms with Crippen molar-refractivity contribution in [3.05, 3.63) is 0 Å². The first-order chi connectivity index (χ1) is 7.36. The summed E-state index contributed by atoms with van der Waals surface area (Å²) in [4.78, 5) is 0. The fourth-order valence-electron chi connectivity index (χ4n) is 4.68. The van der Waals surface area contributed by atoms with Gasteiger partial charge in [-0.3, -0.25) is 0 Å². The zero-order valence-corrected chi connectivity index (χ0v) is 10.0. The van der Waals surface area contributed by atoms with Crippen LogP contribution in [0.5, 0.6) is 0 Å². The number of piperidine rings is 1. The average Bonchev–Trinajstić information content (AvgIpc) is 2.30. The van der Waals surface area contributed by atoms with E-state index in [1.165, 1.54) is 51.4 Å². The summed E-state index contributed by atoms with van der Waals surface area (Å²) in [5.41, 5.74) is 0. The van der Waals surface area contributed by atoms with Gasteiger partial charge < -0.3 is 5.32 Å². The topological polar surface area (TPSA) is 12.0 Å². The van der Waals surface area contributed by atoms with E-state index in [9.17, 15) is 0 Å². The summed E-state index contributed by atoms with van der Waals surface area (Å²) in [6.07, 6.45) is 12.0. The van der Waals surface area contributed by atoms with Crippen LogP contribution in [0.4, 0.5) is 0 Å². The maximum Gasteiger partial charge on any atom is 0.0101 e. The zero-order valence-electron chi connectivity index (χ0n) is 10.0. The number of nitrogens with one attached hydrogen (secondary N) is 1. The molecule has 1 heterocycles. The van der Waals surface area contributed by atoms with E-state index in [1.54, 1.807) is 0 Å². The predicted octanol–water partition coefficient (Wildman–Crippen LogP) is 3.34. The van der Waals surface area contributed by atoms with Gasteiger partial charge in [0, 0.05) is 12.1 Å². The molecule has 0 bridgehead atoms. The van der Waals surface area contributed by atoms with Gasteiger partial charge in [0.15, 0.2) is 0 Å². The molecular weight excluding hydrogens is 182 g/mol. The summed E-state index contributed by atoms with van der Waals surface area (Å²) < 4.78 is 0. The van der Waals surface area contributed by atoms with Crippen LogP contribution in [0.2, 0.25) is 0 Å². The highest BCUT2D eigenvalue weighted by atomic mass is 15.0. The molecule has 1 N–H and O–H groups in total. The first-order valence-electron chi connectivity index (χ1n) is 7.12. The highest BCUT2D eigenvalue weighted by Crippen LogP contribution is 2.46. The molecule has 0 amide bonds. The van der Waals surface area contributed by atoms with Crippen molar-refractivity contribution in [1.29, 1.82) is 0 Å². The second-order valence-electron chi connectivity index (χ2n) is 6.12. The third-order valence-corrected chi connectivity index (χ3v) is 5.36. The largest absolute Gasteiger partial charge is 0.311 e. The van der Waals surface area contributed by atoms with Gasteiger partial charge in [-0.05, 0) is 50.4 Å². The van der Waals surface area contributed by atoms with Crippen molar-refractivity contribution in [2.75, 3.05) is 0 Å². The minimum atomic E-state index is 0.801. The molecule has 1 aliphatic heterocycles. The third kappa shape index (κ3) is 1.73. The van der Waals surface area contributed by atoms with Crippen LogP contribution >= 0.6 is 0 Å². The first-order valence-corrected chi connectivity index (χ1v) is 7.12. The normalized spacial score (nSPS) is 50.6. The van der Waals surface area contributed by atoms with Gasteiger partial charge in [-0.15, -0.1) is 0 Å². The van der Waals surface area contributed by atoms with E-state index >= 15 is 0 Å². The molecule has 2 saturated carbocycles. The van der Waals surface area contributed by atoms with E-state index in [1.807, 2.05) is 0 Å². The minimum Gasteiger partial charge on any atom is -0.311 e. The van der Waals surface area contributed by atoms with E-state index in [0.29, 0.717) is 0 Å². The summed E-state index contributed by atoms with van der Waals surface area (Å²) in [6, 6.07) is 1.68. The van der Waals surface area contributed by atoms with Crippen molar-refractivity contribution in [2.24, 2.45) is 17.8 Å². The Morgan fingerprint density at radius 2 is 1.33 bits per heavy atom. The van der Waals surface area contributed by atoms with Gasteiger partial charge in [0.2, 0.25) is 0 Å². The number of hydrogen-bond donors (Lipinski definition) is 1. The molecule has 3 fully saturated rings. The van der Waals surface area contributed by atoms with Crippen molar-refractivity contribution in [3.8, 4) is 0 Å². The molecule has 3 rings (SSSR count). The Morgan fingerprint density at radius 3 is 2.13 bits per heavy atom. The van der Waals surface area contributed by atoms with Crippen LogP contribution in [0.1, 0.15) is 58.3 Å². The van der Waals surface area contributed by atoms with Gasteiger partial charge in [-0.1, -0.05) is 25.7 Å². The first kappa shape index (κ1) is 10.1. The van der Waals surface area contributed by atoms with Crippen LogP contribution in [0.25, 0.3) is 0 Å². The molecule has 0 spiro atoms. The lowest BCUT2D eigenvalue weighted by Gasteiger charge is -2.51. The van der Waals surface area contributed by atoms with Crippen molar-refractivity contribution < 1.29 is 0 Å². The van der Waals surface area contributed by atoms with E-state index in [2.05, 4.69) is 12.2 Å². The number of fused-ring (bicyclic) bond motifs is 3. The molecular formula is C14H25N. The van der Waals surface area contributed by atoms with Gasteiger partial charge in [-0.2, -0.15) is 0 Å². The Kier molecular flexibility index (Phi) is 2.76. The van der Waals surface area contributed by atoms with E-state index in [4.69, 9.17) is 0 Å². The Hall–Kier alpha value is -0.0400. The van der Waals surface area contributed by atoms with Crippen LogP contribution in [-0.4, -0.2) is 12.1 Å². The monoisotopic (exact) mass is 207 g/mol. The molecule has 0 aromatic heterocycles. The number of rotatable bonds is 0. The zero-order chi connectivity index (χ0) is 10.3. The molecule has 5 atom stereocenters. The summed E-state index contributed by atoms with van der Waals surface area (Å²) in [6.45, 7) is 2.44. The smallest absolute Gasteiger partial charge is 0.0101 e. The molecule has 1 saturated heterocycles. The Balaban J connectivity index is 1.79. The van der Waals surface area contributed by atoms with Gasteiger partial charge >= 0.3 is 0 Å². The van der Waals surface area contributed by atoms with Crippen LogP contribution in [0, 0.1) is 17.8 Å². The van der Waals surface area contributed by atoms with Gasteiger partial charge in [-0.25, -0.2) is 0 Å². The maximum atomic E-state index is 3.92. The van der Waals surface area contributed by atoms with Crippen molar-refractivity contribution >= 4 is 0 Å². The molecule has 0 aromatic carbocycles. The van der Waals surface area contributed by atoms with Crippen LogP contribution in [0.3, 0.4) is 0 Å². The molecule has 0 aromatic rings. The number of hydrogen-bond acceptors (Lipinski definition) is 1. The lowest BCUT2D eigenvalue weighted by atomic mass is 9.61. The van der Waals surface area contributed by atoms with Crippen LogP contribution in [-0.2, 0) is 0 Å². The summed E-state index contributed by atoms with van der Waals surface area (Å²) in [5, 5.41) is 3.92. The quantitative estimate of drug-likeness (QED) is 0.642. The molecule has 3 aliphatic rings. The average molecular weight is 207 g/mol. The molecule has 86 valence electrons. The molecule has 0 radical (unpaired) electrons. The van der Waals surface area contributed by atoms with Gasteiger partial charge in [0.05, 0.1) is 0 Å². The van der Waals surface area contributed by atoms with Crippen LogP contribution < -0.4 is 5.32 Å². The van der Waals surface area contributed by atoms with Gasteiger partial charge in [0.25, 0.3) is 0 Å². The second kappa shape index (κ2) is 4.08. The molecule has 2 aliphatic carbocycles. The SMILES string of the molecule is CC1NC2CCCCC2C2CCCCC12. The van der Waals surface area contributed by atoms with E-state index in [0.717, 1.165) is 29.8 Å². The Bertz CT molecular complexity index is 225. The van der Waals surface area contributed by atoms with E-state index < -0.39 is 0 Å². The highest BCUT2D eigenvalue weighted by Gasteiger charge is 2.43. The maximum absolute atomic E-state index is 3.92. The van der Waals surface area contributed by atoms with E-state index in [-0.39, 0.29) is 0 Å². The minimum absolute atomic E-state index is 0.801. The lowest BCUT2D eigenvalue weighted by Crippen LogP contribution is -2.57. The van der Waals surface area contributed by atoms with Crippen molar-refractivity contribution in [1.82, 2.24) is 5.32 Å². The van der Waals surface area contributed by atoms with Crippen molar-refractivity contribution in [2.45, 2.75) is 70.4 Å². The fraction of sp³-hybridized carbons (Fsp3) is 1.00. The highest BCUT2D eigenvalue weighted by molar-refractivity contribution is 4.98. The third-order valence-electron chi connectivity index (χ3n) is 5.36. The summed E-state index contributed by atoms with van der Waals surface area (Å²) in [7, 11) is 0. The van der Waals surface area contributed by atoms with Crippen molar-refractivity contribution in [3.63, 3.8) is 0 Å². The summed E-state index contributed by atoms with van der Waals surface area (Å²) in [5.74, 6) is 3.14. The standard InChI is InChI=1S/C14H25N/c1-10-11-6-2-3-7-12(11)13-8-4-5-9-14(13)15-10/h10-15H,2-9H2,1H3. The fourth-order valence-corrected chi connectivity index (χ4v) is 4.68. The molecule has 1 heteroatoms. The lowest BCUT2D eigenvalue weighted by molar-refractivity contribution is 0.0267. The molecule has 5 unspecified atom stereocenters. The van der Waals surface area contributed by atoms with Gasteiger partial charge in [0.1, 0.15) is 0 Å². The Morgan fingerprint density at radius 1 is 0.733 bits per heavy atom. The molecule has 1 nitrogen and oxygen atoms in total. The summed E-state index contributed by atoms with van der Waals surface area (Å²) >= 11 is 0. The Labute approximate surface area is 94.0 Å². The molecule has 15 heavy (non-hydrogen) atoms. The second-order valence-corrected chi connectivity index (χ2v) is 6.12. The van der Waals surface area contributed by atoms with Crippen LogP contribution in [0.15, 0.2) is 0 Å². The predicted molar refractivity (Wildman–Crippen MR) is 63.8 cm³/mol.